The van der Waals surface area contributed by atoms with Crippen LogP contribution in [0.2, 0.25) is 0 Å². The predicted molar refractivity (Wildman–Crippen MR) is 120 cm³/mol. The maximum Gasteiger partial charge on any atom is 0.191 e. The number of ether oxygens (including phenoxy) is 1. The Morgan fingerprint density at radius 2 is 2.08 bits per heavy atom. The number of nitrogens with one attached hydrogen (secondary N) is 2. The smallest absolute Gasteiger partial charge is 0.191 e. The van der Waals surface area contributed by atoms with Crippen molar-refractivity contribution in [2.45, 2.75) is 39.7 Å². The van der Waals surface area contributed by atoms with E-state index < -0.39 is 0 Å². The molecule has 0 atom stereocenters. The molecule has 0 unspecified atom stereocenters. The first-order valence-corrected chi connectivity index (χ1v) is 9.45. The molecule has 1 aliphatic rings. The number of hydrogen-bond acceptors (Lipinski definition) is 4. The highest BCUT2D eigenvalue weighted by atomic mass is 127. The SMILES string of the molecule is CCOCCCNC(=NC)NCc1ccc(N2CCC(C)CC2)nc1.I. The standard InChI is InChI=1S/C19H33N5O.HI/c1-4-25-13-5-10-21-19(20-3)23-15-17-6-7-18(22-14-17)24-11-8-16(2)9-12-24;/h6-7,14,16H,4-5,8-13,15H2,1-3H3,(H2,20,21,23);1H. The van der Waals surface area contributed by atoms with Crippen molar-refractivity contribution >= 4 is 35.8 Å². The summed E-state index contributed by atoms with van der Waals surface area (Å²) in [7, 11) is 1.79. The predicted octanol–water partition coefficient (Wildman–Crippen LogP) is 3.03. The number of aliphatic imine (C=N–C) groups is 1. The zero-order chi connectivity index (χ0) is 17.9. The minimum absolute atomic E-state index is 0. The number of rotatable bonds is 8. The fourth-order valence-corrected chi connectivity index (χ4v) is 2.88. The average Bonchev–Trinajstić information content (AvgIpc) is 2.65. The fourth-order valence-electron chi connectivity index (χ4n) is 2.88. The Hall–Kier alpha value is -1.09. The lowest BCUT2D eigenvalue weighted by atomic mass is 9.99. The number of pyridine rings is 1. The molecule has 1 aliphatic heterocycles. The van der Waals surface area contributed by atoms with Crippen molar-refractivity contribution in [3.63, 3.8) is 0 Å². The number of nitrogens with zero attached hydrogens (tertiary/aromatic N) is 3. The van der Waals surface area contributed by atoms with Gasteiger partial charge in [-0.1, -0.05) is 13.0 Å². The Labute approximate surface area is 175 Å². The van der Waals surface area contributed by atoms with Gasteiger partial charge in [0.25, 0.3) is 0 Å². The molecule has 2 heterocycles. The molecular formula is C19H34IN5O. The lowest BCUT2D eigenvalue weighted by Gasteiger charge is -2.31. The van der Waals surface area contributed by atoms with E-state index in [0.29, 0.717) is 0 Å². The van der Waals surface area contributed by atoms with Crippen LogP contribution < -0.4 is 15.5 Å². The normalized spacial score (nSPS) is 15.5. The first-order chi connectivity index (χ1) is 12.2. The third kappa shape index (κ3) is 8.07. The summed E-state index contributed by atoms with van der Waals surface area (Å²) in [4.78, 5) is 11.3. The zero-order valence-corrected chi connectivity index (χ0v) is 18.7. The second-order valence-electron chi connectivity index (χ2n) is 6.60. The van der Waals surface area contributed by atoms with Crippen LogP contribution in [0, 0.1) is 5.92 Å². The van der Waals surface area contributed by atoms with Gasteiger partial charge in [0.1, 0.15) is 5.82 Å². The van der Waals surface area contributed by atoms with Crippen LogP contribution in [0.5, 0.6) is 0 Å². The minimum Gasteiger partial charge on any atom is -0.382 e. The molecule has 0 aromatic carbocycles. The summed E-state index contributed by atoms with van der Waals surface area (Å²) in [5.74, 6) is 2.74. The number of piperidine rings is 1. The van der Waals surface area contributed by atoms with E-state index in [1.54, 1.807) is 7.05 Å². The van der Waals surface area contributed by atoms with E-state index >= 15 is 0 Å². The van der Waals surface area contributed by atoms with Gasteiger partial charge in [-0.05, 0) is 43.7 Å². The summed E-state index contributed by atoms with van der Waals surface area (Å²) in [5.41, 5.74) is 1.16. The molecule has 2 N–H and O–H groups in total. The molecule has 1 aromatic heterocycles. The summed E-state index contributed by atoms with van der Waals surface area (Å²) in [6.45, 7) is 9.69. The quantitative estimate of drug-likeness (QED) is 0.262. The van der Waals surface area contributed by atoms with Crippen molar-refractivity contribution in [3.8, 4) is 0 Å². The number of aromatic nitrogens is 1. The summed E-state index contributed by atoms with van der Waals surface area (Å²) < 4.78 is 5.33. The van der Waals surface area contributed by atoms with Crippen LogP contribution in [0.1, 0.15) is 38.7 Å². The third-order valence-electron chi connectivity index (χ3n) is 4.56. The number of guanidine groups is 1. The molecule has 6 nitrogen and oxygen atoms in total. The van der Waals surface area contributed by atoms with Crippen LogP contribution in [-0.4, -0.2) is 50.8 Å². The molecule has 0 radical (unpaired) electrons. The molecule has 7 heteroatoms. The lowest BCUT2D eigenvalue weighted by molar-refractivity contribution is 0.145. The number of hydrogen-bond donors (Lipinski definition) is 2. The molecule has 0 aliphatic carbocycles. The summed E-state index contributed by atoms with van der Waals surface area (Å²) in [5, 5.41) is 6.62. The molecule has 1 fully saturated rings. The average molecular weight is 475 g/mol. The zero-order valence-electron chi connectivity index (χ0n) is 16.3. The van der Waals surface area contributed by atoms with Crippen LogP contribution in [-0.2, 0) is 11.3 Å². The first kappa shape index (κ1) is 23.0. The van der Waals surface area contributed by atoms with Gasteiger partial charge in [-0.3, -0.25) is 4.99 Å². The van der Waals surface area contributed by atoms with Gasteiger partial charge in [0.15, 0.2) is 5.96 Å². The van der Waals surface area contributed by atoms with Gasteiger partial charge >= 0.3 is 0 Å². The highest BCUT2D eigenvalue weighted by molar-refractivity contribution is 14.0. The molecular weight excluding hydrogens is 441 g/mol. The Balaban J connectivity index is 0.00000338. The van der Waals surface area contributed by atoms with Gasteiger partial charge in [-0.25, -0.2) is 4.98 Å². The molecule has 1 aromatic rings. The van der Waals surface area contributed by atoms with Crippen molar-refractivity contribution in [2.75, 3.05) is 44.8 Å². The van der Waals surface area contributed by atoms with Gasteiger partial charge in [0.05, 0.1) is 0 Å². The summed E-state index contributed by atoms with van der Waals surface area (Å²) >= 11 is 0. The maximum atomic E-state index is 5.33. The van der Waals surface area contributed by atoms with Crippen LogP contribution >= 0.6 is 24.0 Å². The summed E-state index contributed by atoms with van der Waals surface area (Å²) in [6.07, 6.45) is 5.45. The van der Waals surface area contributed by atoms with E-state index in [0.717, 1.165) is 69.1 Å². The monoisotopic (exact) mass is 475 g/mol. The molecule has 0 saturated carbocycles. The second-order valence-corrected chi connectivity index (χ2v) is 6.60. The maximum absolute atomic E-state index is 5.33. The molecule has 1 saturated heterocycles. The fraction of sp³-hybridized carbons (Fsp3) is 0.684. The van der Waals surface area contributed by atoms with Crippen molar-refractivity contribution in [1.82, 2.24) is 15.6 Å². The molecule has 26 heavy (non-hydrogen) atoms. The third-order valence-corrected chi connectivity index (χ3v) is 4.56. The second kappa shape index (κ2) is 13.1. The van der Waals surface area contributed by atoms with Crippen LogP contribution in [0.4, 0.5) is 5.82 Å². The van der Waals surface area contributed by atoms with E-state index in [1.807, 2.05) is 13.1 Å². The van der Waals surface area contributed by atoms with Crippen molar-refractivity contribution in [2.24, 2.45) is 10.9 Å². The van der Waals surface area contributed by atoms with Gasteiger partial charge in [-0.15, -0.1) is 24.0 Å². The van der Waals surface area contributed by atoms with Gasteiger partial charge in [-0.2, -0.15) is 0 Å². The minimum atomic E-state index is 0. The number of halogens is 1. The van der Waals surface area contributed by atoms with Crippen LogP contribution in [0.3, 0.4) is 0 Å². The van der Waals surface area contributed by atoms with E-state index in [4.69, 9.17) is 4.74 Å². The Morgan fingerprint density at radius 3 is 2.69 bits per heavy atom. The van der Waals surface area contributed by atoms with Crippen LogP contribution in [0.15, 0.2) is 23.3 Å². The Morgan fingerprint density at radius 1 is 1.31 bits per heavy atom. The molecule has 148 valence electrons. The highest BCUT2D eigenvalue weighted by Crippen LogP contribution is 2.21. The Kier molecular flexibility index (Phi) is 11.6. The number of anilines is 1. The van der Waals surface area contributed by atoms with E-state index in [9.17, 15) is 0 Å². The first-order valence-electron chi connectivity index (χ1n) is 9.45. The largest absolute Gasteiger partial charge is 0.382 e. The lowest BCUT2D eigenvalue weighted by Crippen LogP contribution is -2.37. The molecule has 0 spiro atoms. The molecule has 0 bridgehead atoms. The highest BCUT2D eigenvalue weighted by Gasteiger charge is 2.16. The summed E-state index contributed by atoms with van der Waals surface area (Å²) in [6, 6.07) is 4.28. The topological polar surface area (TPSA) is 61.8 Å². The van der Waals surface area contributed by atoms with Crippen molar-refractivity contribution < 1.29 is 4.74 Å². The van der Waals surface area contributed by atoms with E-state index in [2.05, 4.69) is 44.6 Å². The van der Waals surface area contributed by atoms with E-state index in [-0.39, 0.29) is 24.0 Å². The van der Waals surface area contributed by atoms with Crippen molar-refractivity contribution in [1.29, 1.82) is 0 Å². The Bertz CT molecular complexity index is 515. The van der Waals surface area contributed by atoms with Gasteiger partial charge in [0.2, 0.25) is 0 Å². The van der Waals surface area contributed by atoms with E-state index in [1.165, 1.54) is 12.8 Å². The van der Waals surface area contributed by atoms with Gasteiger partial charge in [0, 0.05) is 52.6 Å². The van der Waals surface area contributed by atoms with Gasteiger partial charge < -0.3 is 20.3 Å². The van der Waals surface area contributed by atoms with Crippen molar-refractivity contribution in [3.05, 3.63) is 23.9 Å². The van der Waals surface area contributed by atoms with Crippen LogP contribution in [0.25, 0.3) is 0 Å². The molecule has 2 rings (SSSR count). The molecule has 0 amide bonds.